The van der Waals surface area contributed by atoms with E-state index < -0.39 is 0 Å². The standard InChI is InChI=1S/C5H6OS.C2H6/c1-7-5-2-3-6-4-5;1-2/h2-4H,1H3;1-2H3. The van der Waals surface area contributed by atoms with Gasteiger partial charge in [-0.3, -0.25) is 0 Å². The molecule has 0 radical (unpaired) electrons. The maximum atomic E-state index is 4.78. The van der Waals surface area contributed by atoms with Gasteiger partial charge in [-0.1, -0.05) is 13.8 Å². The van der Waals surface area contributed by atoms with Crippen LogP contribution in [0.25, 0.3) is 0 Å². The van der Waals surface area contributed by atoms with Crippen LogP contribution in [0.5, 0.6) is 0 Å². The van der Waals surface area contributed by atoms with Crippen LogP contribution in [0, 0.1) is 0 Å². The van der Waals surface area contributed by atoms with Crippen molar-refractivity contribution in [3.8, 4) is 0 Å². The highest BCUT2D eigenvalue weighted by molar-refractivity contribution is 7.98. The minimum Gasteiger partial charge on any atom is -0.471 e. The largest absolute Gasteiger partial charge is 0.471 e. The minimum absolute atomic E-state index is 1.18. The summed E-state index contributed by atoms with van der Waals surface area (Å²) in [4.78, 5) is 1.18. The molecular formula is C7H12OS. The molecule has 0 saturated carbocycles. The Morgan fingerprint density at radius 2 is 2.11 bits per heavy atom. The van der Waals surface area contributed by atoms with Crippen molar-refractivity contribution in [3.05, 3.63) is 18.6 Å². The summed E-state index contributed by atoms with van der Waals surface area (Å²) in [6, 6.07) is 1.94. The molecule has 1 aromatic rings. The molecule has 1 rings (SSSR count). The van der Waals surface area contributed by atoms with Gasteiger partial charge in [-0.2, -0.15) is 0 Å². The van der Waals surface area contributed by atoms with E-state index in [2.05, 4.69) is 0 Å². The molecule has 0 saturated heterocycles. The average Bonchev–Trinajstić information content (AvgIpc) is 2.43. The number of thioether (sulfide) groups is 1. The Morgan fingerprint density at radius 1 is 1.44 bits per heavy atom. The van der Waals surface area contributed by atoms with E-state index >= 15 is 0 Å². The van der Waals surface area contributed by atoms with Crippen LogP contribution in [0.1, 0.15) is 13.8 Å². The molecule has 0 spiro atoms. The van der Waals surface area contributed by atoms with Crippen LogP contribution >= 0.6 is 11.8 Å². The summed E-state index contributed by atoms with van der Waals surface area (Å²) < 4.78 is 4.78. The lowest BCUT2D eigenvalue weighted by Gasteiger charge is -1.77. The fourth-order valence-corrected chi connectivity index (χ4v) is 0.712. The van der Waals surface area contributed by atoms with Gasteiger partial charge < -0.3 is 4.42 Å². The molecule has 0 unspecified atom stereocenters. The summed E-state index contributed by atoms with van der Waals surface area (Å²) in [6.45, 7) is 4.00. The fraction of sp³-hybridized carbons (Fsp3) is 0.429. The van der Waals surface area contributed by atoms with E-state index in [-0.39, 0.29) is 0 Å². The molecule has 0 aliphatic carbocycles. The van der Waals surface area contributed by atoms with Crippen molar-refractivity contribution in [1.82, 2.24) is 0 Å². The summed E-state index contributed by atoms with van der Waals surface area (Å²) in [5, 5.41) is 0. The van der Waals surface area contributed by atoms with Crippen molar-refractivity contribution < 1.29 is 4.42 Å². The topological polar surface area (TPSA) is 13.1 Å². The third kappa shape index (κ3) is 3.25. The molecule has 0 amide bonds. The van der Waals surface area contributed by atoms with Gasteiger partial charge in [-0.05, 0) is 12.3 Å². The molecule has 1 aromatic heterocycles. The maximum absolute atomic E-state index is 4.78. The predicted octanol–water partition coefficient (Wildman–Crippen LogP) is 3.03. The molecule has 2 heteroatoms. The third-order valence-electron chi connectivity index (χ3n) is 0.731. The zero-order valence-electron chi connectivity index (χ0n) is 6.05. The van der Waals surface area contributed by atoms with Crippen molar-refractivity contribution in [2.45, 2.75) is 18.7 Å². The Kier molecular flexibility index (Phi) is 5.52. The van der Waals surface area contributed by atoms with Gasteiger partial charge in [0, 0.05) is 4.90 Å². The Morgan fingerprint density at radius 3 is 2.33 bits per heavy atom. The molecule has 0 aromatic carbocycles. The lowest BCUT2D eigenvalue weighted by molar-refractivity contribution is 0.562. The van der Waals surface area contributed by atoms with Crippen LogP contribution in [0.15, 0.2) is 27.9 Å². The van der Waals surface area contributed by atoms with Crippen molar-refractivity contribution in [1.29, 1.82) is 0 Å². The molecular weight excluding hydrogens is 132 g/mol. The van der Waals surface area contributed by atoms with Gasteiger partial charge in [-0.15, -0.1) is 11.8 Å². The van der Waals surface area contributed by atoms with Crippen LogP contribution < -0.4 is 0 Å². The lowest BCUT2D eigenvalue weighted by atomic mass is 10.7. The van der Waals surface area contributed by atoms with E-state index in [1.165, 1.54) is 4.90 Å². The highest BCUT2D eigenvalue weighted by atomic mass is 32.2. The van der Waals surface area contributed by atoms with Gasteiger partial charge in [0.15, 0.2) is 0 Å². The zero-order chi connectivity index (χ0) is 7.11. The van der Waals surface area contributed by atoms with Crippen LogP contribution in [-0.2, 0) is 0 Å². The van der Waals surface area contributed by atoms with E-state index in [0.29, 0.717) is 0 Å². The van der Waals surface area contributed by atoms with Crippen LogP contribution in [-0.4, -0.2) is 6.26 Å². The van der Waals surface area contributed by atoms with Crippen LogP contribution in [0.3, 0.4) is 0 Å². The average molecular weight is 144 g/mol. The van der Waals surface area contributed by atoms with Gasteiger partial charge >= 0.3 is 0 Å². The quantitative estimate of drug-likeness (QED) is 0.562. The van der Waals surface area contributed by atoms with Crippen molar-refractivity contribution in [2.24, 2.45) is 0 Å². The fourth-order valence-electron chi connectivity index (χ4n) is 0.368. The van der Waals surface area contributed by atoms with Gasteiger partial charge in [-0.25, -0.2) is 0 Å². The van der Waals surface area contributed by atoms with E-state index in [4.69, 9.17) is 4.42 Å². The van der Waals surface area contributed by atoms with Gasteiger partial charge in [0.2, 0.25) is 0 Å². The van der Waals surface area contributed by atoms with Gasteiger partial charge in [0.05, 0.1) is 6.26 Å². The van der Waals surface area contributed by atoms with Crippen LogP contribution in [0.2, 0.25) is 0 Å². The SMILES string of the molecule is CC.CSc1ccoc1. The molecule has 0 aliphatic rings. The number of hydrogen-bond acceptors (Lipinski definition) is 2. The first-order chi connectivity index (χ1) is 4.43. The molecule has 0 aliphatic heterocycles. The first-order valence-electron chi connectivity index (χ1n) is 2.99. The molecule has 1 heterocycles. The Bertz CT molecular complexity index is 123. The first-order valence-corrected chi connectivity index (χ1v) is 4.22. The molecule has 0 bridgehead atoms. The van der Waals surface area contributed by atoms with Gasteiger partial charge in [0.1, 0.15) is 6.26 Å². The summed E-state index contributed by atoms with van der Waals surface area (Å²) in [7, 11) is 0. The minimum atomic E-state index is 1.18. The number of rotatable bonds is 1. The smallest absolute Gasteiger partial charge is 0.104 e. The first kappa shape index (κ1) is 8.63. The van der Waals surface area contributed by atoms with Crippen molar-refractivity contribution >= 4 is 11.8 Å². The van der Waals surface area contributed by atoms with E-state index in [1.807, 2.05) is 26.2 Å². The monoisotopic (exact) mass is 144 g/mol. The Balaban J connectivity index is 0.000000291. The summed E-state index contributed by atoms with van der Waals surface area (Å²) in [5.41, 5.74) is 0. The van der Waals surface area contributed by atoms with Crippen LogP contribution in [0.4, 0.5) is 0 Å². The Labute approximate surface area is 60.4 Å². The number of furan rings is 1. The molecule has 52 valence electrons. The molecule has 0 atom stereocenters. The van der Waals surface area contributed by atoms with E-state index in [9.17, 15) is 0 Å². The number of hydrogen-bond donors (Lipinski definition) is 0. The second-order valence-electron chi connectivity index (χ2n) is 1.16. The summed E-state index contributed by atoms with van der Waals surface area (Å²) in [5.74, 6) is 0. The van der Waals surface area contributed by atoms with Crippen molar-refractivity contribution in [3.63, 3.8) is 0 Å². The molecule has 0 fully saturated rings. The van der Waals surface area contributed by atoms with Gasteiger partial charge in [0.25, 0.3) is 0 Å². The molecule has 1 nitrogen and oxygen atoms in total. The van der Waals surface area contributed by atoms with E-state index in [1.54, 1.807) is 24.3 Å². The summed E-state index contributed by atoms with van der Waals surface area (Å²) >= 11 is 1.68. The third-order valence-corrected chi connectivity index (χ3v) is 1.43. The second kappa shape index (κ2) is 5.76. The lowest BCUT2D eigenvalue weighted by Crippen LogP contribution is -1.50. The molecule has 9 heavy (non-hydrogen) atoms. The zero-order valence-corrected chi connectivity index (χ0v) is 6.87. The predicted molar refractivity (Wildman–Crippen MR) is 41.8 cm³/mol. The highest BCUT2D eigenvalue weighted by Crippen LogP contribution is 2.12. The molecule has 0 N–H and O–H groups in total. The van der Waals surface area contributed by atoms with E-state index in [0.717, 1.165) is 0 Å². The highest BCUT2D eigenvalue weighted by Gasteiger charge is 1.84. The second-order valence-corrected chi connectivity index (χ2v) is 2.04. The van der Waals surface area contributed by atoms with Crippen molar-refractivity contribution in [2.75, 3.05) is 6.26 Å². The normalized spacial score (nSPS) is 7.89. The summed E-state index contributed by atoms with van der Waals surface area (Å²) in [6.07, 6.45) is 5.42. The maximum Gasteiger partial charge on any atom is 0.104 e. The Hall–Kier alpha value is -0.370.